The fraction of sp³-hybridized carbons (Fsp3) is 0.385. The van der Waals surface area contributed by atoms with Crippen molar-refractivity contribution in [3.05, 3.63) is 29.8 Å². The van der Waals surface area contributed by atoms with Crippen molar-refractivity contribution in [1.29, 1.82) is 0 Å². The molecule has 0 aliphatic carbocycles. The molecule has 8 heteroatoms. The van der Waals surface area contributed by atoms with Gasteiger partial charge in [-0.15, -0.1) is 0 Å². The molecule has 0 unspecified atom stereocenters. The highest BCUT2D eigenvalue weighted by molar-refractivity contribution is 7.89. The van der Waals surface area contributed by atoms with Crippen LogP contribution in [0.5, 0.6) is 0 Å². The zero-order chi connectivity index (χ0) is 16.0. The second kappa shape index (κ2) is 7.19. The van der Waals surface area contributed by atoms with Crippen LogP contribution in [0, 0.1) is 0 Å². The second-order valence-corrected chi connectivity index (χ2v) is 6.38. The van der Waals surface area contributed by atoms with Gasteiger partial charge < -0.3 is 10.2 Å². The molecule has 0 saturated carbocycles. The van der Waals surface area contributed by atoms with E-state index in [1.165, 1.54) is 30.0 Å². The fourth-order valence-corrected chi connectivity index (χ4v) is 2.56. The van der Waals surface area contributed by atoms with Gasteiger partial charge in [-0.2, -0.15) is 0 Å². The molecule has 2 amide bonds. The number of hydrogen-bond acceptors (Lipinski definition) is 4. The van der Waals surface area contributed by atoms with Gasteiger partial charge in [0.2, 0.25) is 10.0 Å². The van der Waals surface area contributed by atoms with Crippen molar-refractivity contribution in [3.8, 4) is 0 Å². The number of Topliss-reactive ketones (excluding diaryl/α,β-unsaturated/α-hetero) is 1. The number of nitrogens with zero attached hydrogens (tertiary/aromatic N) is 1. The number of rotatable bonds is 6. The van der Waals surface area contributed by atoms with Gasteiger partial charge >= 0.3 is 6.03 Å². The maximum atomic E-state index is 12.0. The maximum absolute atomic E-state index is 12.0. The van der Waals surface area contributed by atoms with Crippen LogP contribution in [0.4, 0.5) is 4.79 Å². The third kappa shape index (κ3) is 5.16. The summed E-state index contributed by atoms with van der Waals surface area (Å²) in [5.41, 5.74) is 0.332. The first-order chi connectivity index (χ1) is 9.74. The topological polar surface area (TPSA) is 95.6 Å². The third-order valence-corrected chi connectivity index (χ3v) is 4.11. The van der Waals surface area contributed by atoms with Crippen LogP contribution in [-0.4, -0.2) is 52.3 Å². The lowest BCUT2D eigenvalue weighted by molar-refractivity contribution is 0.101. The largest absolute Gasteiger partial charge is 0.337 e. The summed E-state index contributed by atoms with van der Waals surface area (Å²) in [6.07, 6.45) is 0. The fourth-order valence-electron chi connectivity index (χ4n) is 1.48. The van der Waals surface area contributed by atoms with E-state index in [2.05, 4.69) is 10.0 Å². The monoisotopic (exact) mass is 313 g/mol. The summed E-state index contributed by atoms with van der Waals surface area (Å²) in [6.45, 7) is 1.60. The second-order valence-electron chi connectivity index (χ2n) is 4.61. The minimum atomic E-state index is -3.70. The van der Waals surface area contributed by atoms with E-state index in [-0.39, 0.29) is 29.8 Å². The van der Waals surface area contributed by atoms with Crippen LogP contribution in [-0.2, 0) is 10.0 Å². The molecule has 0 heterocycles. The maximum Gasteiger partial charge on any atom is 0.316 e. The van der Waals surface area contributed by atoms with E-state index in [1.54, 1.807) is 20.2 Å². The van der Waals surface area contributed by atoms with Crippen molar-refractivity contribution in [1.82, 2.24) is 14.9 Å². The quantitative estimate of drug-likeness (QED) is 0.588. The molecule has 1 rings (SSSR count). The molecule has 0 fully saturated rings. The van der Waals surface area contributed by atoms with Crippen LogP contribution < -0.4 is 10.0 Å². The summed E-state index contributed by atoms with van der Waals surface area (Å²) >= 11 is 0. The van der Waals surface area contributed by atoms with E-state index in [4.69, 9.17) is 0 Å². The predicted octanol–water partition coefficient (Wildman–Crippen LogP) is 0.439. The van der Waals surface area contributed by atoms with Gasteiger partial charge in [-0.3, -0.25) is 4.79 Å². The van der Waals surface area contributed by atoms with Crippen molar-refractivity contribution < 1.29 is 18.0 Å². The van der Waals surface area contributed by atoms with Crippen LogP contribution in [0.25, 0.3) is 0 Å². The van der Waals surface area contributed by atoms with Crippen molar-refractivity contribution in [2.45, 2.75) is 11.8 Å². The van der Waals surface area contributed by atoms with Crippen molar-refractivity contribution in [2.75, 3.05) is 27.2 Å². The molecule has 0 radical (unpaired) electrons. The summed E-state index contributed by atoms with van der Waals surface area (Å²) in [4.78, 5) is 23.9. The minimum absolute atomic E-state index is 0.0223. The standard InChI is InChI=1S/C13H19N3O4S/c1-10(17)11-5-4-6-12(9-11)21(19,20)15-8-7-14-13(18)16(2)3/h4-6,9,15H,7-8H2,1-3H3,(H,14,18). The van der Waals surface area contributed by atoms with E-state index in [1.807, 2.05) is 0 Å². The van der Waals surface area contributed by atoms with Gasteiger partial charge in [0.1, 0.15) is 0 Å². The zero-order valence-corrected chi connectivity index (χ0v) is 13.0. The Morgan fingerprint density at radius 2 is 1.86 bits per heavy atom. The Kier molecular flexibility index (Phi) is 5.86. The molecule has 21 heavy (non-hydrogen) atoms. The van der Waals surface area contributed by atoms with Crippen molar-refractivity contribution in [3.63, 3.8) is 0 Å². The highest BCUT2D eigenvalue weighted by atomic mass is 32.2. The lowest BCUT2D eigenvalue weighted by Crippen LogP contribution is -2.39. The van der Waals surface area contributed by atoms with Crippen molar-refractivity contribution >= 4 is 21.8 Å². The first kappa shape index (κ1) is 17.1. The van der Waals surface area contributed by atoms with Gasteiger partial charge in [0, 0.05) is 32.7 Å². The van der Waals surface area contributed by atoms with Gasteiger partial charge in [0.15, 0.2) is 5.78 Å². The summed E-state index contributed by atoms with van der Waals surface area (Å²) in [6, 6.07) is 5.50. The number of hydrogen-bond donors (Lipinski definition) is 2. The van der Waals surface area contributed by atoms with Crippen molar-refractivity contribution in [2.24, 2.45) is 0 Å². The molecule has 0 aliphatic rings. The molecule has 0 atom stereocenters. The van der Waals surface area contributed by atoms with Crippen LogP contribution in [0.3, 0.4) is 0 Å². The zero-order valence-electron chi connectivity index (χ0n) is 12.2. The average Bonchev–Trinajstić information content (AvgIpc) is 2.43. The summed E-state index contributed by atoms with van der Waals surface area (Å²) in [7, 11) is -0.522. The number of benzene rings is 1. The molecule has 7 nitrogen and oxygen atoms in total. The Morgan fingerprint density at radius 3 is 2.43 bits per heavy atom. The van der Waals surface area contributed by atoms with Gasteiger partial charge in [0.25, 0.3) is 0 Å². The molecular formula is C13H19N3O4S. The minimum Gasteiger partial charge on any atom is -0.337 e. The third-order valence-electron chi connectivity index (χ3n) is 2.65. The summed E-state index contributed by atoms with van der Waals surface area (Å²) < 4.78 is 26.4. The number of sulfonamides is 1. The van der Waals surface area contributed by atoms with E-state index in [9.17, 15) is 18.0 Å². The Labute approximate surface area is 124 Å². The molecule has 0 spiro atoms. The molecule has 116 valence electrons. The van der Waals surface area contributed by atoms with Gasteiger partial charge in [-0.05, 0) is 19.1 Å². The lowest BCUT2D eigenvalue weighted by atomic mass is 10.2. The normalized spacial score (nSPS) is 11.0. The van der Waals surface area contributed by atoms with E-state index in [0.29, 0.717) is 5.56 Å². The van der Waals surface area contributed by atoms with Crippen LogP contribution in [0.15, 0.2) is 29.2 Å². The molecule has 0 aliphatic heterocycles. The van der Waals surface area contributed by atoms with Crippen LogP contribution in [0.1, 0.15) is 17.3 Å². The number of urea groups is 1. The molecule has 0 saturated heterocycles. The molecular weight excluding hydrogens is 294 g/mol. The first-order valence-electron chi connectivity index (χ1n) is 6.30. The Morgan fingerprint density at radius 1 is 1.19 bits per heavy atom. The van der Waals surface area contributed by atoms with Gasteiger partial charge in [-0.25, -0.2) is 17.9 Å². The first-order valence-corrected chi connectivity index (χ1v) is 7.78. The summed E-state index contributed by atoms with van der Waals surface area (Å²) in [5, 5.41) is 2.54. The van der Waals surface area contributed by atoms with Crippen LogP contribution in [0.2, 0.25) is 0 Å². The summed E-state index contributed by atoms with van der Waals surface area (Å²) in [5.74, 6) is -0.203. The number of amides is 2. The van der Waals surface area contributed by atoms with Gasteiger partial charge in [0.05, 0.1) is 4.90 Å². The molecule has 1 aromatic rings. The number of ketones is 1. The van der Waals surface area contributed by atoms with E-state index in [0.717, 1.165) is 0 Å². The van der Waals surface area contributed by atoms with E-state index < -0.39 is 10.0 Å². The molecule has 0 aromatic heterocycles. The Bertz CT molecular complexity index is 626. The van der Waals surface area contributed by atoms with Crippen LogP contribution >= 0.6 is 0 Å². The highest BCUT2D eigenvalue weighted by Gasteiger charge is 2.14. The smallest absolute Gasteiger partial charge is 0.316 e. The molecule has 0 bridgehead atoms. The number of carbonyl (C=O) groups is 2. The number of carbonyl (C=O) groups excluding carboxylic acids is 2. The number of nitrogens with one attached hydrogen (secondary N) is 2. The molecule has 2 N–H and O–H groups in total. The van der Waals surface area contributed by atoms with Gasteiger partial charge in [-0.1, -0.05) is 12.1 Å². The highest BCUT2D eigenvalue weighted by Crippen LogP contribution is 2.11. The van der Waals surface area contributed by atoms with E-state index >= 15 is 0 Å². The molecule has 1 aromatic carbocycles. The SMILES string of the molecule is CC(=O)c1cccc(S(=O)(=O)NCCNC(=O)N(C)C)c1. The Hall–Kier alpha value is -1.93. The Balaban J connectivity index is 2.64. The predicted molar refractivity (Wildman–Crippen MR) is 78.7 cm³/mol. The lowest BCUT2D eigenvalue weighted by Gasteiger charge is -2.12. The average molecular weight is 313 g/mol.